The van der Waals surface area contributed by atoms with E-state index in [1.807, 2.05) is 60.5 Å². The Hall–Kier alpha value is -4.26. The Kier molecular flexibility index (Phi) is 7.20. The maximum atomic E-state index is 13.3. The molecule has 12 heteroatoms. The number of anilines is 3. The topological polar surface area (TPSA) is 123 Å². The van der Waals surface area contributed by atoms with Gasteiger partial charge in [-0.05, 0) is 72.8 Å². The highest BCUT2D eigenvalue weighted by molar-refractivity contribution is 7.99. The number of fused-ring (bicyclic) bond motifs is 1. The van der Waals surface area contributed by atoms with Crippen LogP contribution in [0.3, 0.4) is 0 Å². The molecule has 0 aliphatic carbocycles. The van der Waals surface area contributed by atoms with Gasteiger partial charge in [0.05, 0.1) is 12.6 Å². The second-order valence-electron chi connectivity index (χ2n) is 9.74. The zero-order valence-corrected chi connectivity index (χ0v) is 22.4. The fourth-order valence-corrected chi connectivity index (χ4v) is 5.55. The number of rotatable bonds is 8. The molecule has 6 rings (SSSR count). The molecule has 0 saturated carbocycles. The Morgan fingerprint density at radius 2 is 1.95 bits per heavy atom. The van der Waals surface area contributed by atoms with E-state index in [-0.39, 0.29) is 24.2 Å². The van der Waals surface area contributed by atoms with Crippen molar-refractivity contribution < 1.29 is 14.3 Å². The van der Waals surface area contributed by atoms with Gasteiger partial charge in [-0.1, -0.05) is 12.1 Å². The summed E-state index contributed by atoms with van der Waals surface area (Å²) in [6.45, 7) is 2.99. The molecule has 1 amide bonds. The van der Waals surface area contributed by atoms with Crippen molar-refractivity contribution in [2.24, 2.45) is 0 Å². The number of aryl methyl sites for hydroxylation is 1. The van der Waals surface area contributed by atoms with Crippen molar-refractivity contribution in [2.45, 2.75) is 29.0 Å². The number of H-pyrrole nitrogens is 1. The van der Waals surface area contributed by atoms with E-state index in [1.165, 1.54) is 23.9 Å². The molecule has 2 aromatic carbocycles. The van der Waals surface area contributed by atoms with Crippen molar-refractivity contribution >= 4 is 40.5 Å². The number of hydrogen-bond acceptors (Lipinski definition) is 8. The van der Waals surface area contributed by atoms with Gasteiger partial charge in [0.25, 0.3) is 0 Å². The number of aliphatic hydroxyl groups excluding tert-OH is 1. The van der Waals surface area contributed by atoms with Gasteiger partial charge < -0.3 is 15.7 Å². The van der Waals surface area contributed by atoms with Crippen molar-refractivity contribution in [3.8, 4) is 0 Å². The van der Waals surface area contributed by atoms with Crippen LogP contribution in [0.2, 0.25) is 0 Å². The van der Waals surface area contributed by atoms with Crippen molar-refractivity contribution in [1.29, 1.82) is 0 Å². The number of aromatic amines is 1. The summed E-state index contributed by atoms with van der Waals surface area (Å²) in [6.07, 6.45) is 1.25. The largest absolute Gasteiger partial charge is 0.391 e. The Morgan fingerprint density at radius 3 is 2.70 bits per heavy atom. The molecule has 10 nitrogen and oxygen atoms in total. The number of carbonyl (C=O) groups excluding carboxylic acids is 1. The normalized spacial score (nSPS) is 17.4. The minimum atomic E-state index is -0.610. The predicted molar refractivity (Wildman–Crippen MR) is 150 cm³/mol. The summed E-state index contributed by atoms with van der Waals surface area (Å²) in [4.78, 5) is 20.2. The molecule has 4 N–H and O–H groups in total. The number of likely N-dealkylation sites (tertiary alicyclic amines) is 1. The van der Waals surface area contributed by atoms with Crippen molar-refractivity contribution in [3.63, 3.8) is 0 Å². The lowest BCUT2D eigenvalue weighted by Crippen LogP contribution is -2.32. The fourth-order valence-electron chi connectivity index (χ4n) is 4.80. The van der Waals surface area contributed by atoms with Crippen LogP contribution in [0, 0.1) is 12.7 Å². The summed E-state index contributed by atoms with van der Waals surface area (Å²) in [7, 11) is 0. The maximum Gasteiger partial charge on any atom is 0.238 e. The first kappa shape index (κ1) is 26.0. The molecule has 1 fully saturated rings. The molecule has 0 unspecified atom stereocenters. The van der Waals surface area contributed by atoms with E-state index in [0.717, 1.165) is 21.7 Å². The molecule has 5 aromatic rings. The number of carbonyl (C=O) groups is 1. The van der Waals surface area contributed by atoms with Gasteiger partial charge in [-0.15, -0.1) is 5.10 Å². The molecular weight excluding hydrogens is 531 g/mol. The van der Waals surface area contributed by atoms with Crippen LogP contribution in [0.15, 0.2) is 83.0 Å². The van der Waals surface area contributed by atoms with Gasteiger partial charge in [0, 0.05) is 47.5 Å². The van der Waals surface area contributed by atoms with Crippen LogP contribution in [0.4, 0.5) is 21.7 Å². The lowest BCUT2D eigenvalue weighted by atomic mass is 9.96. The third-order valence-corrected chi connectivity index (χ3v) is 7.56. The van der Waals surface area contributed by atoms with Crippen LogP contribution in [0.5, 0.6) is 0 Å². The van der Waals surface area contributed by atoms with Crippen LogP contribution in [-0.4, -0.2) is 66.4 Å². The van der Waals surface area contributed by atoms with Gasteiger partial charge in [-0.3, -0.25) is 14.8 Å². The number of nitrogens with one attached hydrogen (secondary N) is 3. The van der Waals surface area contributed by atoms with Crippen LogP contribution in [-0.2, 0) is 4.79 Å². The highest BCUT2D eigenvalue weighted by atomic mass is 32.2. The summed E-state index contributed by atoms with van der Waals surface area (Å²) in [6, 6.07) is 19.4. The first-order valence-corrected chi connectivity index (χ1v) is 13.6. The SMILES string of the molecule is Cc1cc(Nc2nc(Sc3ccc(NC(=O)CN4C[C@H](c5ccc(F)cc5)[C@@H](O)C4)cc3)nn3cccc23)n[nH]1. The Bertz CT molecular complexity index is 1640. The van der Waals surface area contributed by atoms with Gasteiger partial charge in [-0.2, -0.15) is 5.10 Å². The molecule has 3 aromatic heterocycles. The average Bonchev–Trinajstić information content (AvgIpc) is 3.66. The minimum Gasteiger partial charge on any atom is -0.391 e. The van der Waals surface area contributed by atoms with E-state index >= 15 is 0 Å². The Morgan fingerprint density at radius 1 is 1.15 bits per heavy atom. The molecule has 0 bridgehead atoms. The summed E-state index contributed by atoms with van der Waals surface area (Å²) < 4.78 is 15.0. The predicted octanol–water partition coefficient (Wildman–Crippen LogP) is 4.19. The third kappa shape index (κ3) is 5.83. The quantitative estimate of drug-likeness (QED) is 0.224. The lowest BCUT2D eigenvalue weighted by molar-refractivity contribution is -0.117. The monoisotopic (exact) mass is 558 g/mol. The van der Waals surface area contributed by atoms with E-state index in [2.05, 4.69) is 25.9 Å². The first-order valence-electron chi connectivity index (χ1n) is 12.8. The fraction of sp³-hybridized carbons (Fsp3) is 0.214. The molecule has 1 aliphatic heterocycles. The number of β-amino-alcohol motifs (C(OH)–C–C–N with tert-alkyl or cyclic N) is 1. The second-order valence-corrected chi connectivity index (χ2v) is 10.8. The number of aromatic nitrogens is 5. The van der Waals surface area contributed by atoms with Gasteiger partial charge >= 0.3 is 0 Å². The number of benzene rings is 2. The molecule has 1 saturated heterocycles. The third-order valence-electron chi connectivity index (χ3n) is 6.70. The smallest absolute Gasteiger partial charge is 0.238 e. The molecule has 0 radical (unpaired) electrons. The lowest BCUT2D eigenvalue weighted by Gasteiger charge is -2.16. The average molecular weight is 559 g/mol. The zero-order chi connectivity index (χ0) is 27.6. The van der Waals surface area contributed by atoms with Crippen molar-refractivity contribution in [3.05, 3.63) is 90.0 Å². The highest BCUT2D eigenvalue weighted by Crippen LogP contribution is 2.30. The van der Waals surface area contributed by atoms with Crippen LogP contribution < -0.4 is 10.6 Å². The van der Waals surface area contributed by atoms with Crippen LogP contribution >= 0.6 is 11.8 Å². The highest BCUT2D eigenvalue weighted by Gasteiger charge is 2.33. The summed E-state index contributed by atoms with van der Waals surface area (Å²) in [5, 5.41) is 28.9. The molecule has 40 heavy (non-hydrogen) atoms. The van der Waals surface area contributed by atoms with E-state index in [4.69, 9.17) is 4.98 Å². The Labute approximate surface area is 233 Å². The molecule has 2 atom stereocenters. The summed E-state index contributed by atoms with van der Waals surface area (Å²) >= 11 is 1.41. The number of aliphatic hydroxyl groups is 1. The second kappa shape index (κ2) is 11.1. The van der Waals surface area contributed by atoms with Crippen LogP contribution in [0.25, 0.3) is 5.52 Å². The van der Waals surface area contributed by atoms with E-state index in [0.29, 0.717) is 35.6 Å². The molecule has 1 aliphatic rings. The number of amides is 1. The number of halogens is 1. The summed E-state index contributed by atoms with van der Waals surface area (Å²) in [5.74, 6) is 0.680. The zero-order valence-electron chi connectivity index (χ0n) is 21.6. The number of hydrogen-bond donors (Lipinski definition) is 4. The standard InChI is InChI=1S/C28H27FN8O2S/c1-17-13-25(34-33-17)31-27-23-3-2-12-37(23)35-28(32-27)40-21-10-8-20(9-11-21)30-26(39)16-36-14-22(24(38)15-36)18-4-6-19(29)7-5-18/h2-13,22,24,38H,14-16H2,1H3,(H,30,39)(H2,31,32,33,34,35)/t22-,24+/m1/s1. The molecule has 0 spiro atoms. The minimum absolute atomic E-state index is 0.154. The van der Waals surface area contributed by atoms with Crippen molar-refractivity contribution in [1.82, 2.24) is 29.7 Å². The molecule has 4 heterocycles. The van der Waals surface area contributed by atoms with E-state index in [9.17, 15) is 14.3 Å². The van der Waals surface area contributed by atoms with Crippen molar-refractivity contribution in [2.75, 3.05) is 30.3 Å². The van der Waals surface area contributed by atoms with Crippen LogP contribution in [0.1, 0.15) is 17.2 Å². The van der Waals surface area contributed by atoms with Gasteiger partial charge in [0.15, 0.2) is 11.6 Å². The first-order chi connectivity index (χ1) is 19.4. The number of nitrogens with zero attached hydrogens (tertiary/aromatic N) is 5. The van der Waals surface area contributed by atoms with E-state index < -0.39 is 6.10 Å². The van der Waals surface area contributed by atoms with Gasteiger partial charge in [0.2, 0.25) is 11.1 Å². The maximum absolute atomic E-state index is 13.3. The molecular formula is C28H27FN8O2S. The van der Waals surface area contributed by atoms with Gasteiger partial charge in [-0.25, -0.2) is 13.9 Å². The Balaban J connectivity index is 1.07. The molecule has 204 valence electrons. The van der Waals surface area contributed by atoms with E-state index in [1.54, 1.807) is 16.6 Å². The summed E-state index contributed by atoms with van der Waals surface area (Å²) in [5.41, 5.74) is 3.31. The van der Waals surface area contributed by atoms with Gasteiger partial charge in [0.1, 0.15) is 11.3 Å².